The van der Waals surface area contributed by atoms with Crippen LogP contribution in [-0.4, -0.2) is 27.9 Å². The van der Waals surface area contributed by atoms with Crippen molar-refractivity contribution in [2.24, 2.45) is 5.92 Å². The number of aromatic amines is 1. The van der Waals surface area contributed by atoms with E-state index < -0.39 is 11.3 Å². The van der Waals surface area contributed by atoms with Crippen molar-refractivity contribution in [3.05, 3.63) is 34.3 Å². The van der Waals surface area contributed by atoms with Crippen molar-refractivity contribution in [1.82, 2.24) is 15.2 Å². The number of para-hydroxylation sites is 1. The highest BCUT2D eigenvalue weighted by atomic mass is 16.4. The van der Waals surface area contributed by atoms with E-state index in [0.717, 1.165) is 31.2 Å². The van der Waals surface area contributed by atoms with Gasteiger partial charge in [0, 0.05) is 12.1 Å². The van der Waals surface area contributed by atoms with Gasteiger partial charge in [-0.3, -0.25) is 15.1 Å². The fraction of sp³-hybridized carbons (Fsp3) is 0.556. The summed E-state index contributed by atoms with van der Waals surface area (Å²) in [7, 11) is 0. The van der Waals surface area contributed by atoms with Gasteiger partial charge in [-0.25, -0.2) is 4.79 Å². The molecule has 2 fully saturated rings. The van der Waals surface area contributed by atoms with Crippen molar-refractivity contribution in [2.75, 3.05) is 6.54 Å². The lowest BCUT2D eigenvalue weighted by molar-refractivity contribution is -0.133. The van der Waals surface area contributed by atoms with Crippen LogP contribution < -0.4 is 11.1 Å². The number of nitrogens with one attached hydrogen (secondary N) is 2. The van der Waals surface area contributed by atoms with Gasteiger partial charge in [0.05, 0.1) is 11.1 Å². The minimum absolute atomic E-state index is 0.189. The molecule has 128 valence electrons. The maximum Gasteiger partial charge on any atom is 0.417 e. The van der Waals surface area contributed by atoms with Crippen LogP contribution in [0.4, 0.5) is 0 Å². The zero-order chi connectivity index (χ0) is 16.9. The molecule has 0 radical (unpaired) electrons. The molecule has 6 heteroatoms. The zero-order valence-corrected chi connectivity index (χ0v) is 14.1. The molecule has 1 aliphatic carbocycles. The van der Waals surface area contributed by atoms with Gasteiger partial charge in [0.2, 0.25) is 5.91 Å². The topological polar surface area (TPSA) is 78.3 Å². The molecule has 1 spiro atoms. The number of hydrogen-bond donors (Lipinski definition) is 2. The number of hydrogen-bond acceptors (Lipinski definition) is 4. The number of carbonyl (C=O) groups excluding carboxylic acids is 1. The number of benzene rings is 1. The molecule has 6 nitrogen and oxygen atoms in total. The van der Waals surface area contributed by atoms with Crippen LogP contribution in [0.15, 0.2) is 27.4 Å². The van der Waals surface area contributed by atoms with Crippen LogP contribution >= 0.6 is 0 Å². The molecule has 1 aromatic heterocycles. The Morgan fingerprint density at radius 2 is 2.04 bits per heavy atom. The lowest BCUT2D eigenvalue weighted by Crippen LogP contribution is -2.44. The molecule has 2 heterocycles. The van der Waals surface area contributed by atoms with E-state index in [9.17, 15) is 9.59 Å². The minimum atomic E-state index is -0.465. The zero-order valence-electron chi connectivity index (χ0n) is 14.1. The number of H-pyrrole nitrogens is 1. The first-order valence-electron chi connectivity index (χ1n) is 8.71. The van der Waals surface area contributed by atoms with Gasteiger partial charge in [-0.1, -0.05) is 38.8 Å². The average Bonchev–Trinajstić information content (AvgIpc) is 3.21. The Labute approximate surface area is 140 Å². The first-order valence-corrected chi connectivity index (χ1v) is 8.71. The van der Waals surface area contributed by atoms with E-state index in [1.54, 1.807) is 0 Å². The molecule has 4 rings (SSSR count). The van der Waals surface area contributed by atoms with Crippen molar-refractivity contribution in [2.45, 2.75) is 51.2 Å². The summed E-state index contributed by atoms with van der Waals surface area (Å²) in [6.45, 7) is 4.91. The molecule has 1 atom stereocenters. The first kappa shape index (κ1) is 15.4. The quantitative estimate of drug-likeness (QED) is 0.907. The van der Waals surface area contributed by atoms with E-state index in [1.165, 1.54) is 0 Å². The summed E-state index contributed by atoms with van der Waals surface area (Å²) in [4.78, 5) is 29.4. The Morgan fingerprint density at radius 1 is 1.29 bits per heavy atom. The maximum absolute atomic E-state index is 13.2. The fourth-order valence-electron chi connectivity index (χ4n) is 4.17. The maximum atomic E-state index is 13.2. The summed E-state index contributed by atoms with van der Waals surface area (Å²) < 4.78 is 5.36. The van der Waals surface area contributed by atoms with E-state index in [4.69, 9.17) is 4.42 Å². The Bertz CT molecular complexity index is 829. The largest absolute Gasteiger partial charge is 0.417 e. The highest BCUT2D eigenvalue weighted by Gasteiger charge is 2.53. The molecular weight excluding hydrogens is 306 g/mol. The monoisotopic (exact) mass is 329 g/mol. The SMILES string of the molecule is CC(C)CN1C(=O)C2(CCCC2)NC1c1cccc2[nH]c(=O)oc12. The van der Waals surface area contributed by atoms with Gasteiger partial charge in [0.15, 0.2) is 5.58 Å². The first-order chi connectivity index (χ1) is 11.5. The Morgan fingerprint density at radius 3 is 2.75 bits per heavy atom. The summed E-state index contributed by atoms with van der Waals surface area (Å²) in [5, 5.41) is 3.59. The predicted octanol–water partition coefficient (Wildman–Crippen LogP) is 2.52. The second-order valence-electron chi connectivity index (χ2n) is 7.43. The number of fused-ring (bicyclic) bond motifs is 1. The lowest BCUT2D eigenvalue weighted by atomic mass is 9.98. The fourth-order valence-corrected chi connectivity index (χ4v) is 4.17. The van der Waals surface area contributed by atoms with Crippen LogP contribution in [0, 0.1) is 5.92 Å². The number of oxazole rings is 1. The number of rotatable bonds is 3. The second kappa shape index (κ2) is 5.48. The highest BCUT2D eigenvalue weighted by Crippen LogP contribution is 2.42. The third kappa shape index (κ3) is 2.28. The number of nitrogens with zero attached hydrogens (tertiary/aromatic N) is 1. The Balaban J connectivity index is 1.81. The van der Waals surface area contributed by atoms with Crippen molar-refractivity contribution in [3.8, 4) is 0 Å². The van der Waals surface area contributed by atoms with Crippen LogP contribution in [-0.2, 0) is 4.79 Å². The molecule has 2 aromatic rings. The van der Waals surface area contributed by atoms with Gasteiger partial charge in [0.1, 0.15) is 6.17 Å². The molecule has 1 aromatic carbocycles. The molecule has 1 saturated heterocycles. The summed E-state index contributed by atoms with van der Waals surface area (Å²) in [6, 6.07) is 5.65. The van der Waals surface area contributed by atoms with Gasteiger partial charge in [-0.15, -0.1) is 0 Å². The number of carbonyl (C=O) groups is 1. The van der Waals surface area contributed by atoms with Crippen molar-refractivity contribution < 1.29 is 9.21 Å². The Kier molecular flexibility index (Phi) is 3.53. The summed E-state index contributed by atoms with van der Waals surface area (Å²) >= 11 is 0. The highest BCUT2D eigenvalue weighted by molar-refractivity contribution is 5.90. The molecule has 0 bridgehead atoms. The lowest BCUT2D eigenvalue weighted by Gasteiger charge is -2.26. The number of aromatic nitrogens is 1. The van der Waals surface area contributed by atoms with Crippen LogP contribution in [0.3, 0.4) is 0 Å². The third-order valence-corrected chi connectivity index (χ3v) is 5.19. The molecule has 1 amide bonds. The van der Waals surface area contributed by atoms with Gasteiger partial charge in [0.25, 0.3) is 0 Å². The Hall–Kier alpha value is -2.08. The third-order valence-electron chi connectivity index (χ3n) is 5.19. The van der Waals surface area contributed by atoms with E-state index in [2.05, 4.69) is 24.1 Å². The van der Waals surface area contributed by atoms with Crippen LogP contribution in [0.5, 0.6) is 0 Å². The predicted molar refractivity (Wildman–Crippen MR) is 90.5 cm³/mol. The normalized spacial score (nSPS) is 23.2. The molecule has 1 saturated carbocycles. The van der Waals surface area contributed by atoms with Crippen molar-refractivity contribution in [1.29, 1.82) is 0 Å². The van der Waals surface area contributed by atoms with Crippen molar-refractivity contribution in [3.63, 3.8) is 0 Å². The minimum Gasteiger partial charge on any atom is -0.407 e. The van der Waals surface area contributed by atoms with Crippen molar-refractivity contribution >= 4 is 17.0 Å². The van der Waals surface area contributed by atoms with Crippen LogP contribution in [0.25, 0.3) is 11.1 Å². The van der Waals surface area contributed by atoms with Gasteiger partial charge in [-0.05, 0) is 24.8 Å². The standard InChI is InChI=1S/C18H23N3O3/c1-11(2)10-21-15(20-18(16(21)22)8-3-4-9-18)12-6-5-7-13-14(12)24-17(23)19-13/h5-7,11,15,20H,3-4,8-10H2,1-2H3,(H,19,23). The summed E-state index contributed by atoms with van der Waals surface area (Å²) in [5.41, 5.74) is 1.61. The molecule has 24 heavy (non-hydrogen) atoms. The molecular formula is C18H23N3O3. The molecule has 1 aliphatic heterocycles. The van der Waals surface area contributed by atoms with E-state index in [-0.39, 0.29) is 12.1 Å². The summed E-state index contributed by atoms with van der Waals surface area (Å²) in [6.07, 6.45) is 3.66. The smallest absolute Gasteiger partial charge is 0.407 e. The molecule has 2 aliphatic rings. The summed E-state index contributed by atoms with van der Waals surface area (Å²) in [5.74, 6) is 0.0913. The van der Waals surface area contributed by atoms with Gasteiger partial charge >= 0.3 is 5.76 Å². The van der Waals surface area contributed by atoms with Crippen LogP contribution in [0.2, 0.25) is 0 Å². The second-order valence-corrected chi connectivity index (χ2v) is 7.43. The van der Waals surface area contributed by atoms with E-state index >= 15 is 0 Å². The molecule has 2 N–H and O–H groups in total. The van der Waals surface area contributed by atoms with Crippen LogP contribution in [0.1, 0.15) is 51.3 Å². The van der Waals surface area contributed by atoms with Gasteiger partial charge in [-0.2, -0.15) is 0 Å². The van der Waals surface area contributed by atoms with E-state index in [0.29, 0.717) is 23.6 Å². The average molecular weight is 329 g/mol. The molecule has 1 unspecified atom stereocenters. The van der Waals surface area contributed by atoms with E-state index in [1.807, 2.05) is 23.1 Å². The number of amides is 1. The van der Waals surface area contributed by atoms with Gasteiger partial charge < -0.3 is 9.32 Å².